The first-order chi connectivity index (χ1) is 12.5. The highest BCUT2D eigenvalue weighted by molar-refractivity contribution is 5.93. The number of hydrogen-bond acceptors (Lipinski definition) is 3. The largest absolute Gasteiger partial charge is 0.443 e. The number of halogens is 3. The average Bonchev–Trinajstić information content (AvgIpc) is 2.58. The first-order valence-electron chi connectivity index (χ1n) is 8.58. The van der Waals surface area contributed by atoms with Crippen molar-refractivity contribution in [2.75, 3.05) is 16.8 Å². The van der Waals surface area contributed by atoms with E-state index < -0.39 is 23.4 Å². The van der Waals surface area contributed by atoms with Gasteiger partial charge in [-0.1, -0.05) is 24.3 Å². The predicted molar refractivity (Wildman–Crippen MR) is 97.8 cm³/mol. The van der Waals surface area contributed by atoms with Gasteiger partial charge in [0.15, 0.2) is 0 Å². The fraction of sp³-hybridized carbons (Fsp3) is 0.350. The minimum Gasteiger partial charge on any atom is -0.443 e. The first kappa shape index (κ1) is 19.1. The van der Waals surface area contributed by atoms with Crippen LogP contribution in [0.4, 0.5) is 29.3 Å². The van der Waals surface area contributed by atoms with Gasteiger partial charge in [0, 0.05) is 0 Å². The Kier molecular flexibility index (Phi) is 4.80. The monoisotopic (exact) mass is 378 g/mol. The van der Waals surface area contributed by atoms with E-state index in [1.54, 1.807) is 26.8 Å². The topological polar surface area (TPSA) is 41.6 Å². The van der Waals surface area contributed by atoms with Crippen LogP contribution in [-0.4, -0.2) is 18.2 Å². The van der Waals surface area contributed by atoms with E-state index >= 15 is 0 Å². The molecule has 1 amide bonds. The molecular formula is C20H21F3N2O2. The van der Waals surface area contributed by atoms with E-state index in [0.717, 1.165) is 17.8 Å². The van der Waals surface area contributed by atoms with Crippen molar-refractivity contribution in [1.82, 2.24) is 0 Å². The highest BCUT2D eigenvalue weighted by atomic mass is 19.4. The number of carbonyl (C=O) groups is 1. The molecule has 1 aliphatic heterocycles. The Labute approximate surface area is 155 Å². The lowest BCUT2D eigenvalue weighted by molar-refractivity contribution is -0.137. The van der Waals surface area contributed by atoms with Gasteiger partial charge in [0.2, 0.25) is 0 Å². The van der Waals surface area contributed by atoms with Crippen LogP contribution in [-0.2, 0) is 10.9 Å². The van der Waals surface area contributed by atoms with Crippen LogP contribution in [0.15, 0.2) is 48.5 Å². The maximum atomic E-state index is 12.8. The molecule has 1 unspecified atom stereocenters. The third-order valence-corrected chi connectivity index (χ3v) is 4.14. The van der Waals surface area contributed by atoms with E-state index in [2.05, 4.69) is 5.32 Å². The van der Waals surface area contributed by atoms with Gasteiger partial charge in [-0.25, -0.2) is 4.79 Å². The number of ether oxygens (including phenoxy) is 1. The maximum absolute atomic E-state index is 12.8. The summed E-state index contributed by atoms with van der Waals surface area (Å²) in [4.78, 5) is 14.2. The summed E-state index contributed by atoms with van der Waals surface area (Å²) >= 11 is 0. The Hall–Kier alpha value is -2.70. The van der Waals surface area contributed by atoms with Gasteiger partial charge < -0.3 is 10.1 Å². The molecule has 1 heterocycles. The number of amides is 1. The molecule has 0 fully saturated rings. The third-order valence-electron chi connectivity index (χ3n) is 4.14. The number of hydrogen-bond donors (Lipinski definition) is 1. The molecule has 2 aromatic rings. The standard InChI is InChI=1S/C20H21F3N2O2/c1-19(2,3)27-18(26)25-12-16(24-15-6-4-5-7-17(15)25)13-8-10-14(11-9-13)20(21,22)23/h4-11,16,24H,12H2,1-3H3. The maximum Gasteiger partial charge on any atom is 0.416 e. The minimum atomic E-state index is -4.38. The molecule has 1 N–H and O–H groups in total. The van der Waals surface area contributed by atoms with Crippen molar-refractivity contribution in [1.29, 1.82) is 0 Å². The zero-order valence-corrected chi connectivity index (χ0v) is 15.3. The predicted octanol–water partition coefficient (Wildman–Crippen LogP) is 5.61. The van der Waals surface area contributed by atoms with Crippen LogP contribution in [0.2, 0.25) is 0 Å². The second-order valence-electron chi connectivity index (χ2n) is 7.42. The van der Waals surface area contributed by atoms with Gasteiger partial charge >= 0.3 is 12.3 Å². The Morgan fingerprint density at radius 1 is 1.07 bits per heavy atom. The summed E-state index contributed by atoms with van der Waals surface area (Å²) in [6.45, 7) is 5.60. The Balaban J connectivity index is 1.90. The third kappa shape index (κ3) is 4.35. The number of alkyl halides is 3. The van der Waals surface area contributed by atoms with Gasteiger partial charge in [0.25, 0.3) is 0 Å². The van der Waals surface area contributed by atoms with Gasteiger partial charge in [-0.15, -0.1) is 0 Å². The van der Waals surface area contributed by atoms with Gasteiger partial charge in [-0.2, -0.15) is 13.2 Å². The summed E-state index contributed by atoms with van der Waals surface area (Å²) in [5.74, 6) is 0. The van der Waals surface area contributed by atoms with Crippen LogP contribution in [0.5, 0.6) is 0 Å². The fourth-order valence-corrected chi connectivity index (χ4v) is 2.93. The summed E-state index contributed by atoms with van der Waals surface area (Å²) in [7, 11) is 0. The number of nitrogens with one attached hydrogen (secondary N) is 1. The highest BCUT2D eigenvalue weighted by Crippen LogP contribution is 2.37. The molecule has 4 nitrogen and oxygen atoms in total. The number of para-hydroxylation sites is 2. The zero-order chi connectivity index (χ0) is 19.8. The molecule has 0 saturated carbocycles. The summed E-state index contributed by atoms with van der Waals surface area (Å²) < 4.78 is 43.9. The number of nitrogens with zero attached hydrogens (tertiary/aromatic N) is 1. The quantitative estimate of drug-likeness (QED) is 0.701. The van der Waals surface area contributed by atoms with Crippen molar-refractivity contribution in [3.63, 3.8) is 0 Å². The second kappa shape index (κ2) is 6.79. The van der Waals surface area contributed by atoms with Crippen molar-refractivity contribution in [3.05, 3.63) is 59.7 Å². The van der Waals surface area contributed by atoms with Crippen LogP contribution < -0.4 is 10.2 Å². The molecule has 2 aromatic carbocycles. The second-order valence-corrected chi connectivity index (χ2v) is 7.42. The molecule has 0 radical (unpaired) electrons. The summed E-state index contributed by atoms with van der Waals surface area (Å²) in [5.41, 5.74) is 0.702. The number of anilines is 2. The molecule has 3 rings (SSSR count). The van der Waals surface area contributed by atoms with Crippen LogP contribution >= 0.6 is 0 Å². The van der Waals surface area contributed by atoms with E-state index in [-0.39, 0.29) is 12.6 Å². The SMILES string of the molecule is CC(C)(C)OC(=O)N1CC(c2ccc(C(F)(F)F)cc2)Nc2ccccc21. The highest BCUT2D eigenvalue weighted by Gasteiger charge is 2.33. The average molecular weight is 378 g/mol. The molecule has 7 heteroatoms. The zero-order valence-electron chi connectivity index (χ0n) is 15.3. The molecule has 0 aliphatic carbocycles. The van der Waals surface area contributed by atoms with E-state index in [9.17, 15) is 18.0 Å². The normalized spacial score (nSPS) is 17.1. The molecule has 1 atom stereocenters. The Bertz CT molecular complexity index is 826. The first-order valence-corrected chi connectivity index (χ1v) is 8.58. The lowest BCUT2D eigenvalue weighted by atomic mass is 10.0. The van der Waals surface area contributed by atoms with Crippen molar-refractivity contribution >= 4 is 17.5 Å². The molecule has 27 heavy (non-hydrogen) atoms. The molecular weight excluding hydrogens is 357 g/mol. The van der Waals surface area contributed by atoms with E-state index in [1.165, 1.54) is 17.0 Å². The smallest absolute Gasteiger partial charge is 0.416 e. The van der Waals surface area contributed by atoms with Crippen molar-refractivity contribution in [3.8, 4) is 0 Å². The van der Waals surface area contributed by atoms with Crippen LogP contribution in [0.1, 0.15) is 37.9 Å². The van der Waals surface area contributed by atoms with Crippen molar-refractivity contribution in [2.45, 2.75) is 38.6 Å². The van der Waals surface area contributed by atoms with Gasteiger partial charge in [-0.3, -0.25) is 4.90 Å². The molecule has 1 aliphatic rings. The summed E-state index contributed by atoms with van der Waals surface area (Å²) in [6, 6.07) is 11.9. The number of fused-ring (bicyclic) bond motifs is 1. The molecule has 0 bridgehead atoms. The van der Waals surface area contributed by atoms with Crippen LogP contribution in [0.3, 0.4) is 0 Å². The van der Waals surface area contributed by atoms with Gasteiger partial charge in [0.1, 0.15) is 5.60 Å². The van der Waals surface area contributed by atoms with E-state index in [1.807, 2.05) is 18.2 Å². The van der Waals surface area contributed by atoms with E-state index in [0.29, 0.717) is 11.3 Å². The van der Waals surface area contributed by atoms with E-state index in [4.69, 9.17) is 4.74 Å². The summed E-state index contributed by atoms with van der Waals surface area (Å²) in [5, 5.41) is 3.29. The molecule has 0 aromatic heterocycles. The minimum absolute atomic E-state index is 0.247. The van der Waals surface area contributed by atoms with Crippen LogP contribution in [0.25, 0.3) is 0 Å². The number of benzene rings is 2. The fourth-order valence-electron chi connectivity index (χ4n) is 2.93. The Morgan fingerprint density at radius 3 is 2.30 bits per heavy atom. The lowest BCUT2D eigenvalue weighted by Gasteiger charge is -2.37. The van der Waals surface area contributed by atoms with Gasteiger partial charge in [0.05, 0.1) is 29.5 Å². The molecule has 0 saturated heterocycles. The van der Waals surface area contributed by atoms with Crippen molar-refractivity contribution in [2.24, 2.45) is 0 Å². The van der Waals surface area contributed by atoms with Gasteiger partial charge in [-0.05, 0) is 50.6 Å². The Morgan fingerprint density at radius 2 is 1.70 bits per heavy atom. The lowest BCUT2D eigenvalue weighted by Crippen LogP contribution is -2.43. The molecule has 144 valence electrons. The number of rotatable bonds is 1. The molecule has 0 spiro atoms. The summed E-state index contributed by atoms with van der Waals surface area (Å²) in [6.07, 6.45) is -4.87. The van der Waals surface area contributed by atoms with Crippen LogP contribution in [0, 0.1) is 0 Å². The van der Waals surface area contributed by atoms with Crippen molar-refractivity contribution < 1.29 is 22.7 Å². The number of carbonyl (C=O) groups excluding carboxylic acids is 1.